The Morgan fingerprint density at radius 2 is 1.89 bits per heavy atom. The van der Waals surface area contributed by atoms with Crippen molar-refractivity contribution in [3.63, 3.8) is 0 Å². The number of carbonyl (C=O) groups excluding carboxylic acids is 2. The molecule has 3 aromatic rings. The zero-order valence-electron chi connectivity index (χ0n) is 16.0. The van der Waals surface area contributed by atoms with Crippen molar-refractivity contribution < 1.29 is 14.3 Å². The zero-order chi connectivity index (χ0) is 20.1. The summed E-state index contributed by atoms with van der Waals surface area (Å²) < 4.78 is 6.95. The van der Waals surface area contributed by atoms with Gasteiger partial charge in [0.15, 0.2) is 11.9 Å². The molecule has 0 aliphatic heterocycles. The fourth-order valence-electron chi connectivity index (χ4n) is 2.70. The van der Waals surface area contributed by atoms with Gasteiger partial charge in [0.1, 0.15) is 0 Å². The maximum Gasteiger partial charge on any atom is 0.340 e. The first-order valence-electron chi connectivity index (χ1n) is 8.96. The number of pyridine rings is 1. The van der Waals surface area contributed by atoms with Gasteiger partial charge in [0.2, 0.25) is 0 Å². The van der Waals surface area contributed by atoms with Gasteiger partial charge in [0, 0.05) is 18.4 Å². The Bertz CT molecular complexity index is 965. The van der Waals surface area contributed by atoms with Crippen LogP contribution >= 0.6 is 0 Å². The second-order valence-corrected chi connectivity index (χ2v) is 6.49. The molecule has 0 saturated heterocycles. The van der Waals surface area contributed by atoms with Crippen molar-refractivity contribution in [3.8, 4) is 5.82 Å². The van der Waals surface area contributed by atoms with Gasteiger partial charge in [-0.15, -0.1) is 0 Å². The number of ether oxygens (including phenoxy) is 1. The lowest BCUT2D eigenvalue weighted by molar-refractivity contribution is -0.129. The predicted octanol–water partition coefficient (Wildman–Crippen LogP) is 2.75. The van der Waals surface area contributed by atoms with Gasteiger partial charge in [0.25, 0.3) is 5.91 Å². The summed E-state index contributed by atoms with van der Waals surface area (Å²) in [5.41, 5.74) is 3.08. The van der Waals surface area contributed by atoms with Crippen LogP contribution in [0.15, 0.2) is 54.7 Å². The molecule has 1 aromatic carbocycles. The largest absolute Gasteiger partial charge is 0.449 e. The molecular formula is C21H22N4O3. The number of aryl methyl sites for hydroxylation is 2. The minimum atomic E-state index is -0.910. The van der Waals surface area contributed by atoms with Crippen LogP contribution in [0, 0.1) is 13.8 Å². The molecule has 1 N–H and O–H groups in total. The molecule has 1 unspecified atom stereocenters. The lowest BCUT2D eigenvalue weighted by Gasteiger charge is -2.13. The normalized spacial score (nSPS) is 11.7. The zero-order valence-corrected chi connectivity index (χ0v) is 16.0. The molecule has 0 bridgehead atoms. The lowest BCUT2D eigenvalue weighted by Crippen LogP contribution is -2.35. The van der Waals surface area contributed by atoms with Crippen molar-refractivity contribution in [1.82, 2.24) is 20.1 Å². The number of hydrogen-bond acceptors (Lipinski definition) is 5. The number of nitrogens with one attached hydrogen (secondary N) is 1. The molecule has 2 heterocycles. The fourth-order valence-corrected chi connectivity index (χ4v) is 2.70. The van der Waals surface area contributed by atoms with Crippen LogP contribution in [-0.2, 0) is 16.1 Å². The van der Waals surface area contributed by atoms with Crippen LogP contribution in [-0.4, -0.2) is 32.7 Å². The number of rotatable bonds is 6. The SMILES string of the molecule is Cc1cc(C)n(-c2ccc(C(=O)OC(C)C(=O)NCc3ccccc3)cn2)n1. The van der Waals surface area contributed by atoms with Crippen LogP contribution in [0.4, 0.5) is 0 Å². The molecule has 0 aliphatic carbocycles. The molecule has 0 radical (unpaired) electrons. The Hall–Kier alpha value is -3.48. The number of nitrogens with zero attached hydrogens (tertiary/aromatic N) is 3. The maximum absolute atomic E-state index is 12.3. The minimum absolute atomic E-state index is 0.271. The molecule has 1 amide bonds. The highest BCUT2D eigenvalue weighted by Crippen LogP contribution is 2.11. The summed E-state index contributed by atoms with van der Waals surface area (Å²) >= 11 is 0. The first-order valence-corrected chi connectivity index (χ1v) is 8.96. The number of carbonyl (C=O) groups is 2. The molecule has 7 heteroatoms. The van der Waals surface area contributed by atoms with E-state index in [1.807, 2.05) is 50.2 Å². The number of hydrogen-bond donors (Lipinski definition) is 1. The van der Waals surface area contributed by atoms with Gasteiger partial charge < -0.3 is 10.1 Å². The van der Waals surface area contributed by atoms with Crippen LogP contribution in [0.3, 0.4) is 0 Å². The molecule has 0 fully saturated rings. The van der Waals surface area contributed by atoms with Crippen LogP contribution < -0.4 is 5.32 Å². The average molecular weight is 378 g/mol. The Morgan fingerprint density at radius 3 is 2.50 bits per heavy atom. The van der Waals surface area contributed by atoms with Crippen LogP contribution in [0.25, 0.3) is 5.82 Å². The van der Waals surface area contributed by atoms with Gasteiger partial charge in [-0.3, -0.25) is 4.79 Å². The molecule has 28 heavy (non-hydrogen) atoms. The summed E-state index contributed by atoms with van der Waals surface area (Å²) in [7, 11) is 0. The van der Waals surface area contributed by atoms with Crippen molar-refractivity contribution in [1.29, 1.82) is 0 Å². The minimum Gasteiger partial charge on any atom is -0.449 e. The van der Waals surface area contributed by atoms with E-state index in [0.717, 1.165) is 17.0 Å². The van der Waals surface area contributed by atoms with Crippen molar-refractivity contribution in [2.75, 3.05) is 0 Å². The third-order valence-electron chi connectivity index (χ3n) is 4.17. The van der Waals surface area contributed by atoms with Gasteiger partial charge in [-0.2, -0.15) is 5.10 Å². The van der Waals surface area contributed by atoms with E-state index in [-0.39, 0.29) is 11.5 Å². The molecule has 0 spiro atoms. The summed E-state index contributed by atoms with van der Waals surface area (Å²) in [5, 5.41) is 7.11. The van der Waals surface area contributed by atoms with E-state index in [1.165, 1.54) is 13.1 Å². The molecule has 144 valence electrons. The van der Waals surface area contributed by atoms with E-state index in [0.29, 0.717) is 12.4 Å². The maximum atomic E-state index is 12.3. The molecule has 3 rings (SSSR count). The van der Waals surface area contributed by atoms with Gasteiger partial charge >= 0.3 is 5.97 Å². The third-order valence-corrected chi connectivity index (χ3v) is 4.17. The average Bonchev–Trinajstić information content (AvgIpc) is 3.05. The lowest BCUT2D eigenvalue weighted by atomic mass is 10.2. The summed E-state index contributed by atoms with van der Waals surface area (Å²) in [6, 6.07) is 14.8. The smallest absolute Gasteiger partial charge is 0.340 e. The Labute approximate surface area is 163 Å². The first kappa shape index (κ1) is 19.3. The number of esters is 1. The van der Waals surface area contributed by atoms with Crippen molar-refractivity contribution >= 4 is 11.9 Å². The molecule has 2 aromatic heterocycles. The monoisotopic (exact) mass is 378 g/mol. The van der Waals surface area contributed by atoms with E-state index in [9.17, 15) is 9.59 Å². The topological polar surface area (TPSA) is 86.1 Å². The Balaban J connectivity index is 1.57. The van der Waals surface area contributed by atoms with Crippen LogP contribution in [0.1, 0.15) is 34.2 Å². The van der Waals surface area contributed by atoms with Crippen molar-refractivity contribution in [2.45, 2.75) is 33.4 Å². The van der Waals surface area contributed by atoms with Gasteiger partial charge in [-0.1, -0.05) is 30.3 Å². The molecule has 0 aliphatic rings. The second-order valence-electron chi connectivity index (χ2n) is 6.49. The van der Waals surface area contributed by atoms with Crippen molar-refractivity contribution in [3.05, 3.63) is 77.2 Å². The summed E-state index contributed by atoms with van der Waals surface area (Å²) in [4.78, 5) is 28.7. The van der Waals surface area contributed by atoms with E-state index >= 15 is 0 Å². The number of benzene rings is 1. The molecule has 7 nitrogen and oxygen atoms in total. The molecule has 1 atom stereocenters. The van der Waals surface area contributed by atoms with Gasteiger partial charge in [-0.25, -0.2) is 14.5 Å². The quantitative estimate of drug-likeness (QED) is 0.667. The van der Waals surface area contributed by atoms with E-state index < -0.39 is 12.1 Å². The summed E-state index contributed by atoms with van der Waals surface area (Å²) in [6.45, 7) is 5.75. The summed E-state index contributed by atoms with van der Waals surface area (Å²) in [6.07, 6.45) is 0.509. The second kappa shape index (κ2) is 8.47. The Morgan fingerprint density at radius 1 is 1.14 bits per heavy atom. The highest BCUT2D eigenvalue weighted by molar-refractivity contribution is 5.92. The fraction of sp³-hybridized carbons (Fsp3) is 0.238. The first-order chi connectivity index (χ1) is 13.4. The molecular weight excluding hydrogens is 356 g/mol. The highest BCUT2D eigenvalue weighted by Gasteiger charge is 2.19. The highest BCUT2D eigenvalue weighted by atomic mass is 16.5. The van der Waals surface area contributed by atoms with Crippen molar-refractivity contribution in [2.24, 2.45) is 0 Å². The van der Waals surface area contributed by atoms with Crippen LogP contribution in [0.5, 0.6) is 0 Å². The van der Waals surface area contributed by atoms with E-state index in [2.05, 4.69) is 15.4 Å². The predicted molar refractivity (Wildman–Crippen MR) is 104 cm³/mol. The van der Waals surface area contributed by atoms with Gasteiger partial charge in [-0.05, 0) is 44.5 Å². The van der Waals surface area contributed by atoms with Crippen LogP contribution in [0.2, 0.25) is 0 Å². The third kappa shape index (κ3) is 4.62. The number of aromatic nitrogens is 3. The number of amides is 1. The standard InChI is InChI=1S/C21H22N4O3/c1-14-11-15(2)25(24-14)19-10-9-18(13-22-19)21(27)28-16(3)20(26)23-12-17-7-5-4-6-8-17/h4-11,13,16H,12H2,1-3H3,(H,23,26). The summed E-state index contributed by atoms with van der Waals surface area (Å²) in [5.74, 6) is -0.352. The van der Waals surface area contributed by atoms with E-state index in [1.54, 1.807) is 16.8 Å². The Kier molecular flexibility index (Phi) is 5.84. The van der Waals surface area contributed by atoms with Gasteiger partial charge in [0.05, 0.1) is 11.3 Å². The molecule has 0 saturated carbocycles. The van der Waals surface area contributed by atoms with E-state index in [4.69, 9.17) is 4.74 Å².